The summed E-state index contributed by atoms with van der Waals surface area (Å²) in [6, 6.07) is 13.2. The molecule has 0 spiro atoms. The zero-order valence-corrected chi connectivity index (χ0v) is 12.2. The number of benzene rings is 1. The summed E-state index contributed by atoms with van der Waals surface area (Å²) < 4.78 is 5.75. The van der Waals surface area contributed by atoms with Gasteiger partial charge in [0.15, 0.2) is 0 Å². The van der Waals surface area contributed by atoms with Crippen molar-refractivity contribution in [2.24, 2.45) is 0 Å². The molecule has 21 heavy (non-hydrogen) atoms. The van der Waals surface area contributed by atoms with Crippen molar-refractivity contribution in [3.63, 3.8) is 0 Å². The minimum absolute atomic E-state index is 0.0329. The third-order valence-corrected chi connectivity index (χ3v) is 2.74. The van der Waals surface area contributed by atoms with Gasteiger partial charge in [0, 0.05) is 18.3 Å². The zero-order valence-electron chi connectivity index (χ0n) is 12.2. The molecule has 2 aromatic rings. The number of ether oxygens (including phenoxy) is 1. The Kier molecular flexibility index (Phi) is 5.29. The Morgan fingerprint density at radius 2 is 1.95 bits per heavy atom. The normalized spacial score (nSPS) is 10.4. The summed E-state index contributed by atoms with van der Waals surface area (Å²) in [4.78, 5) is 17.7. The summed E-state index contributed by atoms with van der Waals surface area (Å²) in [7, 11) is 3.71. The number of nitrogens with zero attached hydrogens (tertiary/aromatic N) is 2. The molecule has 0 saturated carbocycles. The number of pyridine rings is 1. The minimum Gasteiger partial charge on any atom is -0.439 e. The second kappa shape index (κ2) is 7.40. The van der Waals surface area contributed by atoms with E-state index in [1.807, 2.05) is 61.5 Å². The molecule has 5 heteroatoms. The molecule has 1 aromatic heterocycles. The second-order valence-corrected chi connectivity index (χ2v) is 4.90. The van der Waals surface area contributed by atoms with E-state index in [-0.39, 0.29) is 5.91 Å². The predicted molar refractivity (Wildman–Crippen MR) is 81.2 cm³/mol. The smallest absolute Gasteiger partial charge is 0.234 e. The molecule has 1 heterocycles. The second-order valence-electron chi connectivity index (χ2n) is 4.90. The van der Waals surface area contributed by atoms with Gasteiger partial charge >= 0.3 is 0 Å². The van der Waals surface area contributed by atoms with Gasteiger partial charge in [0.2, 0.25) is 11.8 Å². The first-order chi connectivity index (χ1) is 10.1. The van der Waals surface area contributed by atoms with Crippen LogP contribution in [-0.4, -0.2) is 36.4 Å². The van der Waals surface area contributed by atoms with Crippen molar-refractivity contribution in [1.29, 1.82) is 0 Å². The summed E-state index contributed by atoms with van der Waals surface area (Å²) in [5.74, 6) is 1.19. The van der Waals surface area contributed by atoms with Crippen molar-refractivity contribution in [2.45, 2.75) is 6.54 Å². The Hall–Kier alpha value is -2.40. The summed E-state index contributed by atoms with van der Waals surface area (Å²) in [6.45, 7) is 0.748. The lowest BCUT2D eigenvalue weighted by molar-refractivity contribution is -0.121. The third kappa shape index (κ3) is 4.89. The summed E-state index contributed by atoms with van der Waals surface area (Å²) in [5, 5.41) is 2.86. The number of aromatic nitrogens is 1. The van der Waals surface area contributed by atoms with Crippen LogP contribution in [0.3, 0.4) is 0 Å². The molecule has 0 aliphatic rings. The van der Waals surface area contributed by atoms with E-state index in [9.17, 15) is 4.79 Å². The fraction of sp³-hybridized carbons (Fsp3) is 0.250. The number of hydrogen-bond donors (Lipinski definition) is 1. The number of carbonyl (C=O) groups is 1. The summed E-state index contributed by atoms with van der Waals surface area (Å²) in [5.41, 5.74) is 0.841. The maximum absolute atomic E-state index is 11.7. The number of para-hydroxylation sites is 1. The maximum atomic E-state index is 11.7. The van der Waals surface area contributed by atoms with Crippen LogP contribution in [0.5, 0.6) is 11.6 Å². The molecule has 0 radical (unpaired) electrons. The first-order valence-corrected chi connectivity index (χ1v) is 6.73. The fourth-order valence-corrected chi connectivity index (χ4v) is 1.79. The van der Waals surface area contributed by atoms with E-state index in [0.29, 0.717) is 19.0 Å². The Labute approximate surface area is 124 Å². The van der Waals surface area contributed by atoms with Crippen LogP contribution in [0.2, 0.25) is 0 Å². The lowest BCUT2D eigenvalue weighted by Gasteiger charge is -2.12. The zero-order chi connectivity index (χ0) is 15.1. The van der Waals surface area contributed by atoms with E-state index >= 15 is 0 Å². The SMILES string of the molecule is CN(C)CC(=O)NCc1cccnc1Oc1ccccc1. The van der Waals surface area contributed by atoms with Crippen molar-refractivity contribution >= 4 is 5.91 Å². The van der Waals surface area contributed by atoms with Crippen molar-refractivity contribution in [3.05, 3.63) is 54.2 Å². The van der Waals surface area contributed by atoms with Crippen LogP contribution < -0.4 is 10.1 Å². The molecule has 0 unspecified atom stereocenters. The summed E-state index contributed by atoms with van der Waals surface area (Å²) >= 11 is 0. The topological polar surface area (TPSA) is 54.5 Å². The molecule has 2 rings (SSSR count). The molecule has 1 amide bonds. The van der Waals surface area contributed by atoms with Crippen molar-refractivity contribution in [3.8, 4) is 11.6 Å². The number of likely N-dealkylation sites (N-methyl/N-ethyl adjacent to an activating group) is 1. The molecule has 0 fully saturated rings. The Bertz CT molecular complexity index is 585. The van der Waals surface area contributed by atoms with Crippen LogP contribution in [0.25, 0.3) is 0 Å². The first-order valence-electron chi connectivity index (χ1n) is 6.73. The number of amides is 1. The van der Waals surface area contributed by atoms with Crippen LogP contribution in [0.15, 0.2) is 48.7 Å². The number of hydrogen-bond acceptors (Lipinski definition) is 4. The van der Waals surface area contributed by atoms with Gasteiger partial charge in [-0.1, -0.05) is 24.3 Å². The molecule has 0 atom stereocenters. The molecule has 1 N–H and O–H groups in total. The lowest BCUT2D eigenvalue weighted by atomic mass is 10.2. The molecule has 5 nitrogen and oxygen atoms in total. The van der Waals surface area contributed by atoms with E-state index in [0.717, 1.165) is 11.3 Å². The number of nitrogens with one attached hydrogen (secondary N) is 1. The van der Waals surface area contributed by atoms with Crippen molar-refractivity contribution in [2.75, 3.05) is 20.6 Å². The van der Waals surface area contributed by atoms with E-state index in [4.69, 9.17) is 4.74 Å². The molecule has 0 aliphatic carbocycles. The minimum atomic E-state index is -0.0329. The standard InChI is InChI=1S/C16H19N3O2/c1-19(2)12-15(20)18-11-13-7-6-10-17-16(13)21-14-8-4-3-5-9-14/h3-10H,11-12H2,1-2H3,(H,18,20). The van der Waals surface area contributed by atoms with Gasteiger partial charge in [0.05, 0.1) is 6.54 Å². The quantitative estimate of drug-likeness (QED) is 0.882. The van der Waals surface area contributed by atoms with Crippen LogP contribution in [0.4, 0.5) is 0 Å². The Morgan fingerprint density at radius 1 is 1.19 bits per heavy atom. The van der Waals surface area contributed by atoms with Gasteiger partial charge in [0.1, 0.15) is 5.75 Å². The van der Waals surface area contributed by atoms with Gasteiger partial charge in [-0.05, 0) is 32.3 Å². The highest BCUT2D eigenvalue weighted by molar-refractivity contribution is 5.77. The van der Waals surface area contributed by atoms with E-state index in [2.05, 4.69) is 10.3 Å². The lowest BCUT2D eigenvalue weighted by Crippen LogP contribution is -2.32. The molecule has 0 saturated heterocycles. The monoisotopic (exact) mass is 285 g/mol. The number of carbonyl (C=O) groups excluding carboxylic acids is 1. The number of rotatable bonds is 6. The van der Waals surface area contributed by atoms with Gasteiger partial charge in [-0.3, -0.25) is 4.79 Å². The molecular weight excluding hydrogens is 266 g/mol. The Balaban J connectivity index is 2.02. The first kappa shape index (κ1) is 15.0. The molecular formula is C16H19N3O2. The highest BCUT2D eigenvalue weighted by Crippen LogP contribution is 2.22. The average Bonchev–Trinajstić information content (AvgIpc) is 2.47. The molecule has 110 valence electrons. The van der Waals surface area contributed by atoms with E-state index in [1.165, 1.54) is 0 Å². The predicted octanol–water partition coefficient (Wildman–Crippen LogP) is 2.05. The van der Waals surface area contributed by atoms with Crippen molar-refractivity contribution in [1.82, 2.24) is 15.2 Å². The van der Waals surface area contributed by atoms with Gasteiger partial charge < -0.3 is 15.0 Å². The molecule has 0 aliphatic heterocycles. The van der Waals surface area contributed by atoms with Gasteiger partial charge in [-0.25, -0.2) is 4.98 Å². The van der Waals surface area contributed by atoms with Gasteiger partial charge in [-0.15, -0.1) is 0 Å². The van der Waals surface area contributed by atoms with Crippen LogP contribution in [0, 0.1) is 0 Å². The maximum Gasteiger partial charge on any atom is 0.234 e. The van der Waals surface area contributed by atoms with Gasteiger partial charge in [-0.2, -0.15) is 0 Å². The third-order valence-electron chi connectivity index (χ3n) is 2.74. The van der Waals surface area contributed by atoms with Crippen molar-refractivity contribution < 1.29 is 9.53 Å². The average molecular weight is 285 g/mol. The molecule has 0 bridgehead atoms. The largest absolute Gasteiger partial charge is 0.439 e. The van der Waals surface area contributed by atoms with E-state index < -0.39 is 0 Å². The molecule has 1 aromatic carbocycles. The van der Waals surface area contributed by atoms with Gasteiger partial charge in [0.25, 0.3) is 0 Å². The Morgan fingerprint density at radius 3 is 2.67 bits per heavy atom. The highest BCUT2D eigenvalue weighted by atomic mass is 16.5. The van der Waals surface area contributed by atoms with Crippen LogP contribution in [0.1, 0.15) is 5.56 Å². The van der Waals surface area contributed by atoms with E-state index in [1.54, 1.807) is 6.20 Å². The van der Waals surface area contributed by atoms with Crippen LogP contribution in [-0.2, 0) is 11.3 Å². The van der Waals surface area contributed by atoms with Crippen LogP contribution >= 0.6 is 0 Å². The fourth-order valence-electron chi connectivity index (χ4n) is 1.79. The highest BCUT2D eigenvalue weighted by Gasteiger charge is 2.08. The summed E-state index contributed by atoms with van der Waals surface area (Å²) in [6.07, 6.45) is 1.67.